The Hall–Kier alpha value is -0.703. The highest BCUT2D eigenvalue weighted by atomic mass is 28.4. The molecule has 0 amide bonds. The molecule has 0 saturated heterocycles. The second-order valence-corrected chi connectivity index (χ2v) is 9.64. The summed E-state index contributed by atoms with van der Waals surface area (Å²) >= 11 is 0. The highest BCUT2D eigenvalue weighted by Crippen LogP contribution is 2.11. The van der Waals surface area contributed by atoms with Crippen LogP contribution in [0.3, 0.4) is 0 Å². The van der Waals surface area contributed by atoms with Crippen LogP contribution in [0.5, 0.6) is 0 Å². The van der Waals surface area contributed by atoms with Gasteiger partial charge in [-0.1, -0.05) is 6.58 Å². The van der Waals surface area contributed by atoms with Gasteiger partial charge in [0.05, 0.1) is 17.6 Å². The lowest BCUT2D eigenvalue weighted by atomic mass is 10.2. The zero-order chi connectivity index (χ0) is 11.4. The smallest absolute Gasteiger partial charge is 0.242 e. The van der Waals surface area contributed by atoms with Crippen molar-refractivity contribution in [1.82, 2.24) is 0 Å². The first-order chi connectivity index (χ1) is 6.10. The summed E-state index contributed by atoms with van der Waals surface area (Å²) in [6.07, 6.45) is 3.41. The van der Waals surface area contributed by atoms with Crippen LogP contribution in [0, 0.1) is 0 Å². The van der Waals surface area contributed by atoms with E-state index in [4.69, 9.17) is 9.16 Å². The van der Waals surface area contributed by atoms with Crippen LogP contribution < -0.4 is 0 Å². The number of allylic oxidation sites excluding steroid dienone is 1. The van der Waals surface area contributed by atoms with Crippen LogP contribution in [0.1, 0.15) is 20.8 Å². The molecule has 0 N–H and O–H groups in total. The van der Waals surface area contributed by atoms with Gasteiger partial charge in [0, 0.05) is 6.08 Å². The van der Waals surface area contributed by atoms with Gasteiger partial charge in [0.25, 0.3) is 0 Å². The molecule has 0 unspecified atom stereocenters. The first-order valence-electron chi connectivity index (χ1n) is 4.82. The lowest BCUT2D eigenvalue weighted by molar-refractivity contribution is 0.0763. The Balaban J connectivity index is 3.96. The topological polar surface area (TPSA) is 18.5 Å². The molecule has 2 nitrogen and oxygen atoms in total. The van der Waals surface area contributed by atoms with E-state index in [0.29, 0.717) is 5.76 Å². The molecular formula is C11H22O2Si. The molecule has 0 bridgehead atoms. The van der Waals surface area contributed by atoms with Gasteiger partial charge >= 0.3 is 0 Å². The number of rotatable bonds is 4. The second-order valence-electron chi connectivity index (χ2n) is 5.21. The number of hydrogen-bond donors (Lipinski definition) is 0. The van der Waals surface area contributed by atoms with Crippen molar-refractivity contribution in [3.05, 3.63) is 24.7 Å². The molecule has 14 heavy (non-hydrogen) atoms. The van der Waals surface area contributed by atoms with Crippen LogP contribution in [-0.2, 0) is 9.16 Å². The second kappa shape index (κ2) is 4.69. The molecule has 0 fully saturated rings. The van der Waals surface area contributed by atoms with Crippen LogP contribution >= 0.6 is 0 Å². The minimum atomic E-state index is -1.52. The summed E-state index contributed by atoms with van der Waals surface area (Å²) in [6.45, 7) is 16.2. The summed E-state index contributed by atoms with van der Waals surface area (Å²) in [7, 11) is -1.52. The maximum absolute atomic E-state index is 5.63. The molecule has 0 aromatic carbocycles. The van der Waals surface area contributed by atoms with Crippen molar-refractivity contribution in [2.45, 2.75) is 46.0 Å². The summed E-state index contributed by atoms with van der Waals surface area (Å²) < 4.78 is 11.0. The minimum Gasteiger partial charge on any atom is -0.545 e. The Morgan fingerprint density at radius 3 is 2.07 bits per heavy atom. The number of hydrogen-bond acceptors (Lipinski definition) is 2. The quantitative estimate of drug-likeness (QED) is 0.404. The van der Waals surface area contributed by atoms with Crippen molar-refractivity contribution in [2.24, 2.45) is 0 Å². The fourth-order valence-corrected chi connectivity index (χ4v) is 1.60. The maximum atomic E-state index is 5.63. The van der Waals surface area contributed by atoms with E-state index in [-0.39, 0.29) is 5.60 Å². The summed E-state index contributed by atoms with van der Waals surface area (Å²) in [5.41, 5.74) is -0.157. The minimum absolute atomic E-state index is 0.157. The normalized spacial score (nSPS) is 13.0. The van der Waals surface area contributed by atoms with E-state index in [2.05, 4.69) is 26.2 Å². The predicted octanol–water partition coefficient (Wildman–Crippen LogP) is 3.68. The van der Waals surface area contributed by atoms with Gasteiger partial charge in [0.15, 0.2) is 0 Å². The summed E-state index contributed by atoms with van der Waals surface area (Å²) in [5.74, 6) is 0.674. The van der Waals surface area contributed by atoms with Crippen LogP contribution in [0.2, 0.25) is 19.6 Å². The van der Waals surface area contributed by atoms with Gasteiger partial charge in [-0.05, 0) is 40.4 Å². The molecule has 0 heterocycles. The Bertz CT molecular complexity index is 218. The van der Waals surface area contributed by atoms with Crippen LogP contribution in [0.25, 0.3) is 0 Å². The van der Waals surface area contributed by atoms with Gasteiger partial charge < -0.3 is 9.16 Å². The van der Waals surface area contributed by atoms with Gasteiger partial charge in [-0.25, -0.2) is 0 Å². The summed E-state index contributed by atoms with van der Waals surface area (Å²) in [5, 5.41) is 0. The molecule has 0 aromatic rings. The van der Waals surface area contributed by atoms with Crippen molar-refractivity contribution < 1.29 is 9.16 Å². The Morgan fingerprint density at radius 1 is 1.21 bits per heavy atom. The van der Waals surface area contributed by atoms with Crippen molar-refractivity contribution >= 4 is 8.32 Å². The molecule has 82 valence electrons. The molecule has 0 saturated carbocycles. The highest BCUT2D eigenvalue weighted by Gasteiger charge is 2.15. The molecule has 0 aliphatic carbocycles. The molecule has 0 atom stereocenters. The average molecular weight is 214 g/mol. The molecular weight excluding hydrogens is 192 g/mol. The van der Waals surface area contributed by atoms with E-state index in [1.807, 2.05) is 20.8 Å². The fourth-order valence-electron chi connectivity index (χ4n) is 0.741. The molecule has 3 heteroatoms. The lowest BCUT2D eigenvalue weighted by Crippen LogP contribution is -2.24. The van der Waals surface area contributed by atoms with E-state index in [1.54, 1.807) is 12.3 Å². The Labute approximate surface area is 88.7 Å². The largest absolute Gasteiger partial charge is 0.545 e. The first kappa shape index (κ1) is 13.3. The SMILES string of the molecule is C=C(C=COC(C)(C)C)O[Si](C)(C)C. The van der Waals surface area contributed by atoms with Crippen LogP contribution in [0.15, 0.2) is 24.7 Å². The third kappa shape index (κ3) is 9.39. The zero-order valence-electron chi connectivity index (χ0n) is 10.2. The molecule has 0 spiro atoms. The molecule has 0 radical (unpaired) electrons. The molecule has 0 aromatic heterocycles. The van der Waals surface area contributed by atoms with Crippen molar-refractivity contribution in [3.63, 3.8) is 0 Å². The summed E-state index contributed by atoms with van der Waals surface area (Å²) in [6, 6.07) is 0. The maximum Gasteiger partial charge on any atom is 0.242 e. The predicted molar refractivity (Wildman–Crippen MR) is 63.5 cm³/mol. The van der Waals surface area contributed by atoms with E-state index in [0.717, 1.165) is 0 Å². The van der Waals surface area contributed by atoms with E-state index in [9.17, 15) is 0 Å². The summed E-state index contributed by atoms with van der Waals surface area (Å²) in [4.78, 5) is 0. The Kier molecular flexibility index (Phi) is 4.45. The Morgan fingerprint density at radius 2 is 1.71 bits per heavy atom. The van der Waals surface area contributed by atoms with E-state index >= 15 is 0 Å². The van der Waals surface area contributed by atoms with Crippen molar-refractivity contribution in [3.8, 4) is 0 Å². The van der Waals surface area contributed by atoms with E-state index in [1.165, 1.54) is 0 Å². The molecule has 0 aliphatic heterocycles. The standard InChI is InChI=1S/C11H22O2Si/c1-10(13-14(5,6)7)8-9-12-11(2,3)4/h8-9H,1H2,2-7H3. The van der Waals surface area contributed by atoms with E-state index < -0.39 is 8.32 Å². The third-order valence-corrected chi connectivity index (χ3v) is 1.99. The van der Waals surface area contributed by atoms with Gasteiger partial charge in [0.2, 0.25) is 8.32 Å². The monoisotopic (exact) mass is 214 g/mol. The fraction of sp³-hybridized carbons (Fsp3) is 0.636. The van der Waals surface area contributed by atoms with Gasteiger partial charge in [-0.2, -0.15) is 0 Å². The average Bonchev–Trinajstić information content (AvgIpc) is 1.78. The number of ether oxygens (including phenoxy) is 1. The lowest BCUT2D eigenvalue weighted by Gasteiger charge is -2.20. The van der Waals surface area contributed by atoms with Crippen LogP contribution in [0.4, 0.5) is 0 Å². The molecule has 0 aliphatic rings. The van der Waals surface area contributed by atoms with Crippen LogP contribution in [-0.4, -0.2) is 13.9 Å². The van der Waals surface area contributed by atoms with Gasteiger partial charge in [-0.3, -0.25) is 0 Å². The van der Waals surface area contributed by atoms with Gasteiger partial charge in [-0.15, -0.1) is 0 Å². The zero-order valence-corrected chi connectivity index (χ0v) is 11.2. The first-order valence-corrected chi connectivity index (χ1v) is 8.23. The van der Waals surface area contributed by atoms with Gasteiger partial charge in [0.1, 0.15) is 0 Å². The molecule has 0 rings (SSSR count). The van der Waals surface area contributed by atoms with Crippen molar-refractivity contribution in [1.29, 1.82) is 0 Å². The third-order valence-electron chi connectivity index (χ3n) is 1.11. The van der Waals surface area contributed by atoms with Crippen molar-refractivity contribution in [2.75, 3.05) is 0 Å². The highest BCUT2D eigenvalue weighted by molar-refractivity contribution is 6.70.